The summed E-state index contributed by atoms with van der Waals surface area (Å²) in [7, 11) is -3.92. The van der Waals surface area contributed by atoms with Crippen molar-refractivity contribution in [3.05, 3.63) is 66.2 Å². The minimum Gasteiger partial charge on any atom is -0.384 e. The third kappa shape index (κ3) is 2.75. The predicted molar refractivity (Wildman–Crippen MR) is 107 cm³/mol. The zero-order valence-corrected chi connectivity index (χ0v) is 15.7. The molecule has 0 saturated heterocycles. The van der Waals surface area contributed by atoms with Crippen LogP contribution in [-0.2, 0) is 16.4 Å². The first kappa shape index (κ1) is 17.5. The van der Waals surface area contributed by atoms with Crippen LogP contribution in [0.1, 0.15) is 0 Å². The number of para-hydroxylation sites is 2. The van der Waals surface area contributed by atoms with Gasteiger partial charge in [-0.3, -0.25) is 0 Å². The Kier molecular flexibility index (Phi) is 4.13. The van der Waals surface area contributed by atoms with E-state index in [0.717, 1.165) is 0 Å². The molecule has 0 aliphatic heterocycles. The molecule has 0 amide bonds. The van der Waals surface area contributed by atoms with Crippen molar-refractivity contribution in [2.45, 2.75) is 16.3 Å². The van der Waals surface area contributed by atoms with Crippen LogP contribution in [0.2, 0.25) is 5.02 Å². The second-order valence-corrected chi connectivity index (χ2v) is 8.28. The molecule has 4 rings (SSSR count). The average Bonchev–Trinajstić information content (AvgIpc) is 2.92. The Bertz CT molecular complexity index is 1300. The number of rotatable bonds is 4. The number of anilines is 1. The van der Waals surface area contributed by atoms with Crippen LogP contribution in [0.3, 0.4) is 0 Å². The molecule has 2 aromatic heterocycles. The molecule has 0 aliphatic rings. The van der Waals surface area contributed by atoms with E-state index in [0.29, 0.717) is 28.2 Å². The molecule has 0 bridgehead atoms. The van der Waals surface area contributed by atoms with E-state index >= 15 is 0 Å². The Morgan fingerprint density at radius 3 is 2.33 bits per heavy atom. The molecule has 0 aliphatic carbocycles. The second kappa shape index (κ2) is 6.37. The molecule has 8 heteroatoms. The summed E-state index contributed by atoms with van der Waals surface area (Å²) in [4.78, 5) is 9.17. The lowest BCUT2D eigenvalue weighted by atomic mass is 10.3. The minimum absolute atomic E-state index is 0.0556. The third-order valence-corrected chi connectivity index (χ3v) is 6.34. The largest absolute Gasteiger partial charge is 0.384 e. The Hall–Kier alpha value is -2.90. The fourth-order valence-corrected chi connectivity index (χ4v) is 4.63. The highest BCUT2D eigenvalue weighted by Gasteiger charge is 2.29. The van der Waals surface area contributed by atoms with Crippen molar-refractivity contribution in [3.63, 3.8) is 0 Å². The van der Waals surface area contributed by atoms with E-state index in [1.54, 1.807) is 16.7 Å². The number of nitrogens with zero attached hydrogens (tertiary/aromatic N) is 3. The number of halogens is 1. The standard InChI is InChI=1S/C19H15ClN4O2S/c1-2-11-24-18(21)17(27(25,26)13-9-7-12(20)8-10-13)16-19(24)23-15-6-4-3-5-14(15)22-16/h2-10H,1,11,21H2. The lowest BCUT2D eigenvalue weighted by Crippen LogP contribution is -2.07. The predicted octanol–water partition coefficient (Wildman–Crippen LogP) is 3.84. The summed E-state index contributed by atoms with van der Waals surface area (Å²) in [5.41, 5.74) is 8.14. The SMILES string of the molecule is C=CCn1c(N)c(S(=O)(=O)c2ccc(Cl)cc2)c2nc3ccccc3nc21. The lowest BCUT2D eigenvalue weighted by molar-refractivity contribution is 0.597. The number of allylic oxidation sites excluding steroid dienone is 1. The number of sulfone groups is 1. The molecule has 4 aromatic rings. The van der Waals surface area contributed by atoms with Gasteiger partial charge in [-0.05, 0) is 36.4 Å². The quantitative estimate of drug-likeness (QED) is 0.527. The molecular formula is C19H15ClN4O2S. The number of nitrogens with two attached hydrogens (primary N) is 1. The van der Waals surface area contributed by atoms with Gasteiger partial charge in [0.2, 0.25) is 9.84 Å². The Morgan fingerprint density at radius 1 is 1.07 bits per heavy atom. The summed E-state index contributed by atoms with van der Waals surface area (Å²) in [5.74, 6) is 0.0788. The summed E-state index contributed by atoms with van der Waals surface area (Å²) in [6, 6.07) is 13.2. The minimum atomic E-state index is -3.92. The van der Waals surface area contributed by atoms with Gasteiger partial charge in [-0.15, -0.1) is 6.58 Å². The number of benzene rings is 2. The van der Waals surface area contributed by atoms with Crippen LogP contribution in [0.4, 0.5) is 5.82 Å². The second-order valence-electron chi connectivity index (χ2n) is 5.96. The highest BCUT2D eigenvalue weighted by molar-refractivity contribution is 7.92. The number of hydrogen-bond donors (Lipinski definition) is 1. The molecule has 0 unspecified atom stereocenters. The van der Waals surface area contributed by atoms with E-state index in [9.17, 15) is 8.42 Å². The Labute approximate surface area is 160 Å². The van der Waals surface area contributed by atoms with Crippen LogP contribution < -0.4 is 5.73 Å². The summed E-state index contributed by atoms with van der Waals surface area (Å²) >= 11 is 5.89. The Morgan fingerprint density at radius 2 is 1.70 bits per heavy atom. The van der Waals surface area contributed by atoms with Crippen LogP contribution in [0.15, 0.2) is 71.0 Å². The molecule has 2 N–H and O–H groups in total. The van der Waals surface area contributed by atoms with Crippen molar-refractivity contribution in [1.29, 1.82) is 0 Å². The molecule has 0 spiro atoms. The van der Waals surface area contributed by atoms with Crippen LogP contribution in [-0.4, -0.2) is 23.0 Å². The van der Waals surface area contributed by atoms with Gasteiger partial charge < -0.3 is 10.3 Å². The van der Waals surface area contributed by atoms with Crippen molar-refractivity contribution >= 4 is 49.5 Å². The van der Waals surface area contributed by atoms with E-state index in [1.165, 1.54) is 24.3 Å². The van der Waals surface area contributed by atoms with E-state index in [-0.39, 0.29) is 21.1 Å². The van der Waals surface area contributed by atoms with Gasteiger partial charge in [0.05, 0.1) is 15.9 Å². The van der Waals surface area contributed by atoms with Crippen molar-refractivity contribution < 1.29 is 8.42 Å². The molecule has 2 aromatic carbocycles. The average molecular weight is 399 g/mol. The molecule has 136 valence electrons. The highest BCUT2D eigenvalue weighted by atomic mass is 35.5. The van der Waals surface area contributed by atoms with Crippen LogP contribution in [0, 0.1) is 0 Å². The maximum absolute atomic E-state index is 13.3. The van der Waals surface area contributed by atoms with Crippen molar-refractivity contribution in [2.24, 2.45) is 0 Å². The number of aromatic nitrogens is 3. The van der Waals surface area contributed by atoms with Gasteiger partial charge in [-0.2, -0.15) is 0 Å². The van der Waals surface area contributed by atoms with Crippen molar-refractivity contribution in [3.8, 4) is 0 Å². The van der Waals surface area contributed by atoms with E-state index in [2.05, 4.69) is 16.5 Å². The van der Waals surface area contributed by atoms with Crippen LogP contribution >= 0.6 is 11.6 Å². The van der Waals surface area contributed by atoms with Gasteiger partial charge in [0.15, 0.2) is 5.65 Å². The number of fused-ring (bicyclic) bond motifs is 2. The summed E-state index contributed by atoms with van der Waals surface area (Å²) in [5, 5.41) is 0.446. The zero-order chi connectivity index (χ0) is 19.2. The fraction of sp³-hybridized carbons (Fsp3) is 0.0526. The topological polar surface area (TPSA) is 90.9 Å². The molecule has 0 saturated carbocycles. The van der Waals surface area contributed by atoms with Gasteiger partial charge >= 0.3 is 0 Å². The van der Waals surface area contributed by atoms with Crippen LogP contribution in [0.25, 0.3) is 22.2 Å². The van der Waals surface area contributed by atoms with Crippen molar-refractivity contribution in [1.82, 2.24) is 14.5 Å². The van der Waals surface area contributed by atoms with E-state index in [4.69, 9.17) is 17.3 Å². The Balaban J connectivity index is 2.10. The molecular weight excluding hydrogens is 384 g/mol. The first-order valence-corrected chi connectivity index (χ1v) is 9.95. The molecule has 27 heavy (non-hydrogen) atoms. The molecule has 2 heterocycles. The summed E-state index contributed by atoms with van der Waals surface area (Å²) < 4.78 is 28.2. The monoisotopic (exact) mass is 398 g/mol. The maximum atomic E-state index is 13.3. The van der Waals surface area contributed by atoms with Gasteiger partial charge in [0.25, 0.3) is 0 Å². The summed E-state index contributed by atoms with van der Waals surface area (Å²) in [6.45, 7) is 4.03. The fourth-order valence-electron chi connectivity index (χ4n) is 3.00. The molecule has 0 fully saturated rings. The molecule has 0 radical (unpaired) electrons. The maximum Gasteiger partial charge on any atom is 0.212 e. The molecule has 0 atom stereocenters. The highest BCUT2D eigenvalue weighted by Crippen LogP contribution is 2.35. The number of nitrogen functional groups attached to an aromatic ring is 1. The third-order valence-electron chi connectivity index (χ3n) is 4.25. The number of hydrogen-bond acceptors (Lipinski definition) is 5. The van der Waals surface area contributed by atoms with Gasteiger partial charge in [-0.1, -0.05) is 29.8 Å². The smallest absolute Gasteiger partial charge is 0.212 e. The first-order chi connectivity index (χ1) is 12.9. The summed E-state index contributed by atoms with van der Waals surface area (Å²) in [6.07, 6.45) is 1.63. The first-order valence-electron chi connectivity index (χ1n) is 8.09. The van der Waals surface area contributed by atoms with E-state index < -0.39 is 9.84 Å². The zero-order valence-electron chi connectivity index (χ0n) is 14.1. The van der Waals surface area contributed by atoms with Crippen LogP contribution in [0.5, 0.6) is 0 Å². The molecule has 6 nitrogen and oxygen atoms in total. The van der Waals surface area contributed by atoms with E-state index in [1.807, 2.05) is 18.2 Å². The van der Waals surface area contributed by atoms with Crippen molar-refractivity contribution in [2.75, 3.05) is 5.73 Å². The lowest BCUT2D eigenvalue weighted by Gasteiger charge is -2.06. The van der Waals surface area contributed by atoms with Gasteiger partial charge in [0.1, 0.15) is 16.2 Å². The van der Waals surface area contributed by atoms with Gasteiger partial charge in [-0.25, -0.2) is 18.4 Å². The van der Waals surface area contributed by atoms with Gasteiger partial charge in [0, 0.05) is 11.6 Å². The normalized spacial score (nSPS) is 11.9.